The molecular weight excluding hydrogens is 326 g/mol. The van der Waals surface area contributed by atoms with Crippen molar-refractivity contribution in [3.05, 3.63) is 16.6 Å². The molecule has 2 fully saturated rings. The first-order valence-electron chi connectivity index (χ1n) is 8.79. The summed E-state index contributed by atoms with van der Waals surface area (Å²) in [5.74, 6) is -0.896. The summed E-state index contributed by atoms with van der Waals surface area (Å²) in [6.45, 7) is 2.38. The lowest BCUT2D eigenvalue weighted by Gasteiger charge is -2.46. The van der Waals surface area contributed by atoms with Crippen LogP contribution in [-0.4, -0.2) is 69.3 Å². The fourth-order valence-electron chi connectivity index (χ4n) is 4.18. The first kappa shape index (κ1) is 17.8. The predicted octanol–water partition coefficient (Wildman–Crippen LogP) is 1.65. The largest absolute Gasteiger partial charge is 0.481 e. The molecule has 3 rings (SSSR count). The molecule has 1 aliphatic heterocycles. The molecule has 0 radical (unpaired) electrons. The van der Waals surface area contributed by atoms with E-state index in [4.69, 9.17) is 5.11 Å². The van der Waals surface area contributed by atoms with E-state index in [1.54, 1.807) is 11.3 Å². The number of hydrogen-bond donors (Lipinski definition) is 2. The molecular formula is C17H27N3O3S. The van der Waals surface area contributed by atoms with Crippen molar-refractivity contribution in [2.24, 2.45) is 5.92 Å². The van der Waals surface area contributed by atoms with Crippen LogP contribution in [0.15, 0.2) is 11.7 Å². The Morgan fingerprint density at radius 3 is 2.75 bits per heavy atom. The number of likely N-dealkylation sites (N-methyl/N-ethyl adjacent to an activating group) is 1. The van der Waals surface area contributed by atoms with Crippen LogP contribution < -0.4 is 0 Å². The van der Waals surface area contributed by atoms with Crippen LogP contribution in [0.4, 0.5) is 0 Å². The van der Waals surface area contributed by atoms with Crippen LogP contribution in [0.5, 0.6) is 0 Å². The molecule has 1 aromatic heterocycles. The Bertz CT molecular complexity index is 531. The first-order valence-corrected chi connectivity index (χ1v) is 9.66. The number of thiazole rings is 1. The van der Waals surface area contributed by atoms with E-state index >= 15 is 0 Å². The molecule has 1 saturated heterocycles. The minimum Gasteiger partial charge on any atom is -0.481 e. The minimum absolute atomic E-state index is 0.155. The average Bonchev–Trinajstić information content (AvgIpc) is 3.08. The molecule has 2 heterocycles. The molecule has 1 aromatic rings. The summed E-state index contributed by atoms with van der Waals surface area (Å²) in [6, 6.07) is 0.311. The van der Waals surface area contributed by atoms with Gasteiger partial charge in [-0.3, -0.25) is 19.6 Å². The third-order valence-electron chi connectivity index (χ3n) is 5.59. The topological polar surface area (TPSA) is 76.9 Å². The summed E-state index contributed by atoms with van der Waals surface area (Å²) in [6.07, 6.45) is 6.03. The number of aromatic nitrogens is 1. The van der Waals surface area contributed by atoms with E-state index in [1.807, 2.05) is 11.7 Å². The maximum absolute atomic E-state index is 11.1. The van der Waals surface area contributed by atoms with Crippen LogP contribution in [0.25, 0.3) is 0 Å². The lowest BCUT2D eigenvalue weighted by Crippen LogP contribution is -2.57. The number of aliphatic hydroxyl groups excluding tert-OH is 1. The molecule has 7 heteroatoms. The highest BCUT2D eigenvalue weighted by Gasteiger charge is 2.39. The second-order valence-corrected chi connectivity index (χ2v) is 8.06. The normalized spacial score (nSPS) is 29.9. The summed E-state index contributed by atoms with van der Waals surface area (Å²) >= 11 is 1.65. The molecule has 0 aromatic carbocycles. The highest BCUT2D eigenvalue weighted by atomic mass is 32.1. The lowest BCUT2D eigenvalue weighted by atomic mass is 9.84. The van der Waals surface area contributed by atoms with Gasteiger partial charge in [-0.2, -0.15) is 0 Å². The number of carboxylic acid groups (broad SMARTS) is 1. The van der Waals surface area contributed by atoms with Crippen LogP contribution in [0.1, 0.15) is 37.0 Å². The van der Waals surface area contributed by atoms with Gasteiger partial charge in [0.15, 0.2) is 0 Å². The Morgan fingerprint density at radius 2 is 2.12 bits per heavy atom. The van der Waals surface area contributed by atoms with E-state index in [-0.39, 0.29) is 24.1 Å². The fraction of sp³-hybridized carbons (Fsp3) is 0.765. The van der Waals surface area contributed by atoms with Gasteiger partial charge < -0.3 is 10.2 Å². The molecule has 0 bridgehead atoms. The summed E-state index contributed by atoms with van der Waals surface area (Å²) in [5, 5.41) is 20.1. The van der Waals surface area contributed by atoms with Gasteiger partial charge in [0.05, 0.1) is 17.5 Å². The molecule has 1 aliphatic carbocycles. The second-order valence-electron chi connectivity index (χ2n) is 7.09. The zero-order valence-corrected chi connectivity index (χ0v) is 15.0. The van der Waals surface area contributed by atoms with Crippen molar-refractivity contribution in [1.29, 1.82) is 0 Å². The van der Waals surface area contributed by atoms with E-state index in [2.05, 4.69) is 21.8 Å². The summed E-state index contributed by atoms with van der Waals surface area (Å²) < 4.78 is 0. The molecule has 6 nitrogen and oxygen atoms in total. The quantitative estimate of drug-likeness (QED) is 0.838. The number of carboxylic acids is 1. The number of aliphatic carboxylic acids is 1. The zero-order valence-electron chi connectivity index (χ0n) is 14.2. The van der Waals surface area contributed by atoms with Crippen molar-refractivity contribution in [3.8, 4) is 0 Å². The smallest absolute Gasteiger partial charge is 0.306 e. The van der Waals surface area contributed by atoms with E-state index in [9.17, 15) is 9.90 Å². The van der Waals surface area contributed by atoms with Gasteiger partial charge in [0.1, 0.15) is 0 Å². The van der Waals surface area contributed by atoms with Crippen molar-refractivity contribution in [2.45, 2.75) is 56.8 Å². The number of piperidine rings is 1. The molecule has 24 heavy (non-hydrogen) atoms. The highest BCUT2D eigenvalue weighted by molar-refractivity contribution is 7.09. The predicted molar refractivity (Wildman–Crippen MR) is 92.9 cm³/mol. The third kappa shape index (κ3) is 3.96. The van der Waals surface area contributed by atoms with E-state index < -0.39 is 5.97 Å². The molecule has 2 aliphatic rings. The number of aliphatic hydroxyl groups is 1. The fourth-order valence-corrected chi connectivity index (χ4v) is 4.83. The molecule has 1 saturated carbocycles. The number of rotatable bonds is 5. The van der Waals surface area contributed by atoms with Gasteiger partial charge in [0, 0.05) is 29.7 Å². The van der Waals surface area contributed by atoms with Gasteiger partial charge in [-0.05, 0) is 45.8 Å². The van der Waals surface area contributed by atoms with E-state index in [0.29, 0.717) is 12.8 Å². The van der Waals surface area contributed by atoms with Crippen molar-refractivity contribution >= 4 is 17.3 Å². The van der Waals surface area contributed by atoms with Gasteiger partial charge in [-0.15, -0.1) is 11.3 Å². The number of carbonyl (C=O) groups is 1. The highest BCUT2D eigenvalue weighted by Crippen LogP contribution is 2.30. The van der Waals surface area contributed by atoms with Crippen LogP contribution >= 0.6 is 11.3 Å². The zero-order chi connectivity index (χ0) is 17.1. The van der Waals surface area contributed by atoms with Gasteiger partial charge in [0.25, 0.3) is 0 Å². The molecule has 134 valence electrons. The molecule has 3 atom stereocenters. The van der Waals surface area contributed by atoms with Crippen LogP contribution in [0.3, 0.4) is 0 Å². The summed E-state index contributed by atoms with van der Waals surface area (Å²) in [7, 11) is 2.08. The standard InChI is InChI=1S/C17H27N3O3S/c1-19(10-13-9-18-11-24-13)14-3-2-4-15(16(14)21)20-7-5-12(6-8-20)17(22)23/h9,11-12,14-16,21H,2-8,10H2,1H3,(H,22,23)/t14-,15+,16+/m1/s1. The lowest BCUT2D eigenvalue weighted by molar-refractivity contribution is -0.144. The van der Waals surface area contributed by atoms with Crippen LogP contribution in [0, 0.1) is 5.92 Å². The SMILES string of the molecule is CN(Cc1cncs1)[C@@H]1CCC[C@H](N2CCC(C(=O)O)CC2)[C@H]1O. The monoisotopic (exact) mass is 353 g/mol. The number of nitrogens with zero attached hydrogens (tertiary/aromatic N) is 3. The van der Waals surface area contributed by atoms with E-state index in [1.165, 1.54) is 4.88 Å². The molecule has 0 unspecified atom stereocenters. The maximum atomic E-state index is 11.1. The molecule has 0 amide bonds. The minimum atomic E-state index is -0.680. The molecule has 2 N–H and O–H groups in total. The third-order valence-corrected chi connectivity index (χ3v) is 6.36. The van der Waals surface area contributed by atoms with Crippen molar-refractivity contribution < 1.29 is 15.0 Å². The average molecular weight is 353 g/mol. The van der Waals surface area contributed by atoms with Crippen molar-refractivity contribution in [2.75, 3.05) is 20.1 Å². The summed E-state index contributed by atoms with van der Waals surface area (Å²) in [4.78, 5) is 21.0. The van der Waals surface area contributed by atoms with E-state index in [0.717, 1.165) is 38.9 Å². The van der Waals surface area contributed by atoms with Gasteiger partial charge in [-0.1, -0.05) is 6.42 Å². The number of likely N-dealkylation sites (tertiary alicyclic amines) is 1. The second kappa shape index (κ2) is 7.91. The van der Waals surface area contributed by atoms with Crippen LogP contribution in [0.2, 0.25) is 0 Å². The van der Waals surface area contributed by atoms with Crippen LogP contribution in [-0.2, 0) is 11.3 Å². The van der Waals surface area contributed by atoms with Gasteiger partial charge >= 0.3 is 5.97 Å². The van der Waals surface area contributed by atoms with Crippen molar-refractivity contribution in [3.63, 3.8) is 0 Å². The van der Waals surface area contributed by atoms with Gasteiger partial charge in [-0.25, -0.2) is 0 Å². The Hall–Kier alpha value is -1.02. The summed E-state index contributed by atoms with van der Waals surface area (Å²) in [5.41, 5.74) is 1.84. The Balaban J connectivity index is 1.58. The molecule has 0 spiro atoms. The Kier molecular flexibility index (Phi) is 5.86. The van der Waals surface area contributed by atoms with Gasteiger partial charge in [0.2, 0.25) is 0 Å². The van der Waals surface area contributed by atoms with Crippen molar-refractivity contribution in [1.82, 2.24) is 14.8 Å². The number of hydrogen-bond acceptors (Lipinski definition) is 6. The Labute approximate surface area is 147 Å². The first-order chi connectivity index (χ1) is 11.6. The maximum Gasteiger partial charge on any atom is 0.306 e. The Morgan fingerprint density at radius 1 is 1.38 bits per heavy atom.